The monoisotopic (exact) mass is 265 g/mol. The van der Waals surface area contributed by atoms with Crippen molar-refractivity contribution >= 4 is 17.0 Å². The van der Waals surface area contributed by atoms with Crippen LogP contribution in [-0.2, 0) is 13.1 Å². The highest BCUT2D eigenvalue weighted by molar-refractivity contribution is 7.09. The summed E-state index contributed by atoms with van der Waals surface area (Å²) < 4.78 is 13.7. The van der Waals surface area contributed by atoms with Gasteiger partial charge >= 0.3 is 0 Å². The first-order valence-corrected chi connectivity index (χ1v) is 6.59. The average molecular weight is 265 g/mol. The first kappa shape index (κ1) is 13.0. The van der Waals surface area contributed by atoms with Crippen LogP contribution in [0.2, 0.25) is 0 Å². The van der Waals surface area contributed by atoms with Crippen LogP contribution in [-0.4, -0.2) is 12.0 Å². The minimum absolute atomic E-state index is 0.202. The summed E-state index contributed by atoms with van der Waals surface area (Å²) >= 11 is 1.61. The van der Waals surface area contributed by atoms with E-state index in [2.05, 4.69) is 4.98 Å². The molecule has 1 aromatic carbocycles. The van der Waals surface area contributed by atoms with Crippen LogP contribution in [0, 0.1) is 12.7 Å². The molecule has 1 aromatic heterocycles. The summed E-state index contributed by atoms with van der Waals surface area (Å²) in [6.07, 6.45) is 0. The van der Waals surface area contributed by atoms with Crippen LogP contribution in [0.15, 0.2) is 23.7 Å². The van der Waals surface area contributed by atoms with E-state index in [0.29, 0.717) is 12.1 Å². The number of anilines is 1. The van der Waals surface area contributed by atoms with Gasteiger partial charge in [0.05, 0.1) is 17.7 Å². The summed E-state index contributed by atoms with van der Waals surface area (Å²) in [7, 11) is 1.94. The van der Waals surface area contributed by atoms with E-state index in [9.17, 15) is 4.39 Å². The Morgan fingerprint density at radius 2 is 2.22 bits per heavy atom. The molecule has 0 aliphatic carbocycles. The Balaban J connectivity index is 2.26. The summed E-state index contributed by atoms with van der Waals surface area (Å²) in [6, 6.07) is 5.04. The summed E-state index contributed by atoms with van der Waals surface area (Å²) in [4.78, 5) is 7.41. The summed E-state index contributed by atoms with van der Waals surface area (Å²) in [5, 5.41) is 0. The Morgan fingerprint density at radius 3 is 2.83 bits per heavy atom. The first-order chi connectivity index (χ1) is 8.63. The van der Waals surface area contributed by atoms with Gasteiger partial charge in [-0.3, -0.25) is 0 Å². The van der Waals surface area contributed by atoms with Gasteiger partial charge in [0.25, 0.3) is 0 Å². The quantitative estimate of drug-likeness (QED) is 0.924. The second-order valence-corrected chi connectivity index (χ2v) is 5.10. The van der Waals surface area contributed by atoms with E-state index < -0.39 is 0 Å². The molecular formula is C13H16FN3S. The fourth-order valence-corrected chi connectivity index (χ4v) is 2.72. The van der Waals surface area contributed by atoms with Gasteiger partial charge in [0.1, 0.15) is 5.82 Å². The van der Waals surface area contributed by atoms with Crippen LogP contribution in [0.3, 0.4) is 0 Å². The first-order valence-electron chi connectivity index (χ1n) is 5.71. The lowest BCUT2D eigenvalue weighted by atomic mass is 10.1. The molecule has 0 saturated heterocycles. The van der Waals surface area contributed by atoms with E-state index in [0.717, 1.165) is 11.4 Å². The zero-order valence-corrected chi connectivity index (χ0v) is 11.3. The Bertz CT molecular complexity index is 539. The third-order valence-corrected chi connectivity index (χ3v) is 3.85. The average Bonchev–Trinajstić information content (AvgIpc) is 2.74. The maximum atomic E-state index is 13.7. The molecule has 2 aromatic rings. The molecule has 0 aliphatic heterocycles. The molecule has 18 heavy (non-hydrogen) atoms. The number of hydrogen-bond acceptors (Lipinski definition) is 4. The highest BCUT2D eigenvalue weighted by Gasteiger charge is 2.12. The Kier molecular flexibility index (Phi) is 3.93. The van der Waals surface area contributed by atoms with Crippen molar-refractivity contribution in [2.75, 3.05) is 11.9 Å². The third-order valence-electron chi connectivity index (χ3n) is 2.94. The molecule has 5 heteroatoms. The topological polar surface area (TPSA) is 42.2 Å². The largest absolute Gasteiger partial charge is 0.369 e. The predicted molar refractivity (Wildman–Crippen MR) is 73.2 cm³/mol. The Hall–Kier alpha value is -1.46. The van der Waals surface area contributed by atoms with E-state index >= 15 is 0 Å². The number of aromatic nitrogens is 1. The molecule has 96 valence electrons. The summed E-state index contributed by atoms with van der Waals surface area (Å²) in [5.41, 5.74) is 9.86. The van der Waals surface area contributed by atoms with Crippen LogP contribution in [0.4, 0.5) is 10.1 Å². The predicted octanol–water partition coefficient (Wildman–Crippen LogP) is 2.69. The van der Waals surface area contributed by atoms with Crippen LogP contribution >= 0.6 is 11.3 Å². The number of halogens is 1. The number of hydrogen-bond donors (Lipinski definition) is 1. The molecule has 2 rings (SSSR count). The van der Waals surface area contributed by atoms with Gasteiger partial charge in [0.15, 0.2) is 0 Å². The van der Waals surface area contributed by atoms with E-state index in [1.54, 1.807) is 17.4 Å². The number of thiazole rings is 1. The minimum Gasteiger partial charge on any atom is -0.369 e. The molecular weight excluding hydrogens is 249 g/mol. The number of nitrogens with two attached hydrogens (primary N) is 1. The summed E-state index contributed by atoms with van der Waals surface area (Å²) in [5.74, 6) is -0.247. The van der Waals surface area contributed by atoms with Crippen molar-refractivity contribution in [3.8, 4) is 0 Å². The van der Waals surface area contributed by atoms with Gasteiger partial charge < -0.3 is 10.6 Å². The molecule has 0 fully saturated rings. The number of nitrogens with zero attached hydrogens (tertiary/aromatic N) is 2. The molecule has 0 spiro atoms. The van der Waals surface area contributed by atoms with E-state index in [4.69, 9.17) is 5.73 Å². The van der Waals surface area contributed by atoms with Gasteiger partial charge in [-0.25, -0.2) is 9.37 Å². The van der Waals surface area contributed by atoms with Gasteiger partial charge in [0.2, 0.25) is 0 Å². The second-order valence-electron chi connectivity index (χ2n) is 4.16. The van der Waals surface area contributed by atoms with Crippen molar-refractivity contribution in [3.05, 3.63) is 45.7 Å². The Morgan fingerprint density at radius 1 is 1.44 bits per heavy atom. The fraction of sp³-hybridized carbons (Fsp3) is 0.308. The highest BCUT2D eigenvalue weighted by Crippen LogP contribution is 2.24. The number of benzene rings is 1. The van der Waals surface area contributed by atoms with Crippen molar-refractivity contribution in [3.63, 3.8) is 0 Å². The minimum atomic E-state index is -0.247. The zero-order valence-electron chi connectivity index (χ0n) is 10.5. The number of aryl methyl sites for hydroxylation is 1. The summed E-state index contributed by atoms with van der Waals surface area (Å²) in [6.45, 7) is 2.90. The maximum Gasteiger partial charge on any atom is 0.129 e. The standard InChI is InChI=1S/C13H16FN3S/c1-9-13(18-8-16-9)7-17(2)12-5-3-4-11(14)10(12)6-15/h3-5,8H,6-7,15H2,1-2H3. The smallest absolute Gasteiger partial charge is 0.129 e. The van der Waals surface area contributed by atoms with Gasteiger partial charge in [-0.15, -0.1) is 11.3 Å². The van der Waals surface area contributed by atoms with Gasteiger partial charge in [-0.1, -0.05) is 6.07 Å². The molecule has 1 heterocycles. The van der Waals surface area contributed by atoms with Crippen molar-refractivity contribution < 1.29 is 4.39 Å². The van der Waals surface area contributed by atoms with Crippen molar-refractivity contribution in [1.29, 1.82) is 0 Å². The molecule has 0 amide bonds. The molecule has 0 radical (unpaired) electrons. The van der Waals surface area contributed by atoms with Crippen molar-refractivity contribution in [1.82, 2.24) is 4.98 Å². The lowest BCUT2D eigenvalue weighted by Gasteiger charge is -2.22. The van der Waals surface area contributed by atoms with Crippen molar-refractivity contribution in [2.45, 2.75) is 20.0 Å². The molecule has 0 bridgehead atoms. The molecule has 3 nitrogen and oxygen atoms in total. The normalized spacial score (nSPS) is 10.7. The van der Waals surface area contributed by atoms with Crippen molar-refractivity contribution in [2.24, 2.45) is 5.73 Å². The van der Waals surface area contributed by atoms with Gasteiger partial charge in [0, 0.05) is 29.7 Å². The van der Waals surface area contributed by atoms with Gasteiger partial charge in [-0.05, 0) is 19.1 Å². The van der Waals surface area contributed by atoms with Crippen LogP contribution in [0.1, 0.15) is 16.1 Å². The van der Waals surface area contributed by atoms with Crippen LogP contribution in [0.25, 0.3) is 0 Å². The molecule has 0 atom stereocenters. The SMILES string of the molecule is Cc1ncsc1CN(C)c1cccc(F)c1CN. The third kappa shape index (κ3) is 2.52. The fourth-order valence-electron chi connectivity index (χ4n) is 1.89. The van der Waals surface area contributed by atoms with Crippen LogP contribution in [0.5, 0.6) is 0 Å². The van der Waals surface area contributed by atoms with E-state index in [-0.39, 0.29) is 12.4 Å². The Labute approximate surface area is 110 Å². The second kappa shape index (κ2) is 5.46. The molecule has 0 saturated carbocycles. The number of rotatable bonds is 4. The van der Waals surface area contributed by atoms with E-state index in [1.165, 1.54) is 10.9 Å². The molecule has 2 N–H and O–H groups in total. The van der Waals surface area contributed by atoms with Crippen LogP contribution < -0.4 is 10.6 Å². The molecule has 0 aliphatic rings. The highest BCUT2D eigenvalue weighted by atomic mass is 32.1. The van der Waals surface area contributed by atoms with E-state index in [1.807, 2.05) is 30.4 Å². The maximum absolute atomic E-state index is 13.7. The molecule has 0 unspecified atom stereocenters. The zero-order chi connectivity index (χ0) is 13.1. The lowest BCUT2D eigenvalue weighted by molar-refractivity contribution is 0.609. The lowest BCUT2D eigenvalue weighted by Crippen LogP contribution is -2.19. The van der Waals surface area contributed by atoms with Gasteiger partial charge in [-0.2, -0.15) is 0 Å².